The van der Waals surface area contributed by atoms with Crippen LogP contribution in [0, 0.1) is 5.92 Å². The lowest BCUT2D eigenvalue weighted by atomic mass is 9.86. The lowest BCUT2D eigenvalue weighted by Gasteiger charge is -2.28. The smallest absolute Gasteiger partial charge is 0.284 e. The van der Waals surface area contributed by atoms with E-state index in [1.54, 1.807) is 18.3 Å². The Morgan fingerprint density at radius 2 is 1.88 bits per heavy atom. The highest BCUT2D eigenvalue weighted by atomic mass is 19.3. The summed E-state index contributed by atoms with van der Waals surface area (Å²) in [6.45, 7) is 2.50. The highest BCUT2D eigenvalue weighted by Gasteiger charge is 2.46. The van der Waals surface area contributed by atoms with E-state index < -0.39 is 47.7 Å². The SMILES string of the molecule is O=C1CCC(N2C(=O)c3cccc(NCCOC[C@H]4CC[C@H](n5cc(NC(=O)c6cnn7ccc(N8C[C@H]9C[C@@H]8CO9)nc67)c(C(F)F)n5)CC4)c3C2=O)C(=O)N1. The molecular formula is C38H40F2N10O7. The third-order valence-corrected chi connectivity index (χ3v) is 11.6. The van der Waals surface area contributed by atoms with Crippen molar-refractivity contribution in [2.75, 3.05) is 48.4 Å². The summed E-state index contributed by atoms with van der Waals surface area (Å²) in [6.07, 6.45) is 5.82. The lowest BCUT2D eigenvalue weighted by molar-refractivity contribution is -0.136. The number of carbonyl (C=O) groups excluding carboxylic acids is 5. The maximum atomic E-state index is 14.2. The van der Waals surface area contributed by atoms with Gasteiger partial charge in [-0.3, -0.25) is 38.9 Å². The van der Waals surface area contributed by atoms with Gasteiger partial charge in [0.25, 0.3) is 24.1 Å². The van der Waals surface area contributed by atoms with Gasteiger partial charge in [-0.05, 0) is 62.6 Å². The summed E-state index contributed by atoms with van der Waals surface area (Å²) in [5.41, 5.74) is 0.752. The van der Waals surface area contributed by atoms with Crippen LogP contribution in [0.1, 0.15) is 94.2 Å². The van der Waals surface area contributed by atoms with Crippen LogP contribution in [0.2, 0.25) is 0 Å². The molecule has 1 aliphatic carbocycles. The number of alkyl halides is 2. The second-order valence-corrected chi connectivity index (χ2v) is 15.1. The third kappa shape index (κ3) is 6.87. The first-order chi connectivity index (χ1) is 27.6. The van der Waals surface area contributed by atoms with Crippen molar-refractivity contribution < 1.29 is 42.2 Å². The van der Waals surface area contributed by atoms with Gasteiger partial charge in [-0.15, -0.1) is 0 Å². The number of fused-ring (bicyclic) bond motifs is 4. The zero-order chi connectivity index (χ0) is 39.4. The molecule has 298 valence electrons. The first kappa shape index (κ1) is 36.8. The molecule has 3 N–H and O–H groups in total. The molecule has 3 saturated heterocycles. The van der Waals surface area contributed by atoms with Crippen molar-refractivity contribution in [2.24, 2.45) is 5.92 Å². The van der Waals surface area contributed by atoms with E-state index in [2.05, 4.69) is 31.0 Å². The van der Waals surface area contributed by atoms with E-state index in [1.165, 1.54) is 27.7 Å². The second-order valence-electron chi connectivity index (χ2n) is 15.1. The Hall–Kier alpha value is -5.82. The molecule has 17 nitrogen and oxygen atoms in total. The van der Waals surface area contributed by atoms with Crippen molar-refractivity contribution >= 4 is 52.4 Å². The van der Waals surface area contributed by atoms with Gasteiger partial charge < -0.3 is 25.0 Å². The van der Waals surface area contributed by atoms with E-state index >= 15 is 0 Å². The molecule has 0 radical (unpaired) electrons. The first-order valence-electron chi connectivity index (χ1n) is 19.2. The Labute approximate surface area is 324 Å². The van der Waals surface area contributed by atoms with Gasteiger partial charge in [0, 0.05) is 44.2 Å². The summed E-state index contributed by atoms with van der Waals surface area (Å²) in [4.78, 5) is 71.7. The van der Waals surface area contributed by atoms with E-state index in [0.29, 0.717) is 56.4 Å². The third-order valence-electron chi connectivity index (χ3n) is 11.6. The fraction of sp³-hybridized carbons (Fsp3) is 0.474. The zero-order valence-electron chi connectivity index (χ0n) is 30.7. The molecular weight excluding hydrogens is 746 g/mol. The number of aromatic nitrogens is 5. The van der Waals surface area contributed by atoms with Crippen LogP contribution in [0.5, 0.6) is 0 Å². The molecule has 57 heavy (non-hydrogen) atoms. The minimum Gasteiger partial charge on any atom is -0.382 e. The summed E-state index contributed by atoms with van der Waals surface area (Å²) in [5.74, 6) is -1.92. The van der Waals surface area contributed by atoms with Gasteiger partial charge in [0.05, 0.1) is 54.4 Å². The molecule has 4 fully saturated rings. The molecule has 2 bridgehead atoms. The lowest BCUT2D eigenvalue weighted by Crippen LogP contribution is -2.54. The normalized spacial score (nSPS) is 24.5. The summed E-state index contributed by atoms with van der Waals surface area (Å²) in [5, 5.41) is 16.5. The number of hydrogen-bond donors (Lipinski definition) is 3. The molecule has 5 amide bonds. The van der Waals surface area contributed by atoms with Crippen molar-refractivity contribution in [3.63, 3.8) is 0 Å². The Bertz CT molecular complexity index is 2270. The number of hydrogen-bond acceptors (Lipinski definition) is 12. The Morgan fingerprint density at radius 1 is 1.04 bits per heavy atom. The molecule has 1 unspecified atom stereocenters. The molecule has 4 aromatic rings. The number of imide groups is 2. The molecule has 0 spiro atoms. The summed E-state index contributed by atoms with van der Waals surface area (Å²) >= 11 is 0. The van der Waals surface area contributed by atoms with Crippen LogP contribution in [0.4, 0.5) is 26.0 Å². The zero-order valence-corrected chi connectivity index (χ0v) is 30.7. The number of nitrogens with zero attached hydrogens (tertiary/aromatic N) is 7. The van der Waals surface area contributed by atoms with Crippen molar-refractivity contribution in [1.29, 1.82) is 0 Å². The number of morpholine rings is 1. The molecule has 3 aromatic heterocycles. The summed E-state index contributed by atoms with van der Waals surface area (Å²) in [7, 11) is 0. The van der Waals surface area contributed by atoms with Gasteiger partial charge in [0.2, 0.25) is 11.8 Å². The van der Waals surface area contributed by atoms with Gasteiger partial charge in [0.15, 0.2) is 11.3 Å². The van der Waals surface area contributed by atoms with Crippen LogP contribution >= 0.6 is 0 Å². The van der Waals surface area contributed by atoms with Crippen LogP contribution < -0.4 is 20.9 Å². The predicted molar refractivity (Wildman–Crippen MR) is 197 cm³/mol. The topological polar surface area (TPSA) is 194 Å². The number of nitrogens with one attached hydrogen (secondary N) is 3. The van der Waals surface area contributed by atoms with E-state index in [9.17, 15) is 32.8 Å². The van der Waals surface area contributed by atoms with Gasteiger partial charge in [-0.1, -0.05) is 6.07 Å². The van der Waals surface area contributed by atoms with Gasteiger partial charge >= 0.3 is 0 Å². The monoisotopic (exact) mass is 786 g/mol. The quantitative estimate of drug-likeness (QED) is 0.140. The highest BCUT2D eigenvalue weighted by Crippen LogP contribution is 2.36. The number of anilines is 3. The Kier molecular flexibility index (Phi) is 9.63. The largest absolute Gasteiger partial charge is 0.382 e. The molecule has 4 aliphatic heterocycles. The van der Waals surface area contributed by atoms with Gasteiger partial charge in [-0.25, -0.2) is 18.3 Å². The van der Waals surface area contributed by atoms with Gasteiger partial charge in [0.1, 0.15) is 17.4 Å². The number of halogens is 2. The van der Waals surface area contributed by atoms with Crippen molar-refractivity contribution in [2.45, 2.75) is 75.6 Å². The minimum absolute atomic E-state index is 0.0408. The minimum atomic E-state index is -2.90. The molecule has 3 atom stereocenters. The molecule has 1 saturated carbocycles. The van der Waals surface area contributed by atoms with Crippen LogP contribution in [-0.4, -0.2) is 110 Å². The number of rotatable bonds is 12. The predicted octanol–water partition coefficient (Wildman–Crippen LogP) is 3.35. The van der Waals surface area contributed by atoms with Crippen LogP contribution in [0.3, 0.4) is 0 Å². The average molecular weight is 787 g/mol. The summed E-state index contributed by atoms with van der Waals surface area (Å²) in [6, 6.07) is 5.77. The summed E-state index contributed by atoms with van der Waals surface area (Å²) < 4.78 is 43.1. The average Bonchev–Trinajstić information content (AvgIpc) is 4.05. The molecule has 1 aromatic carbocycles. The Morgan fingerprint density at radius 3 is 2.63 bits per heavy atom. The fourth-order valence-corrected chi connectivity index (χ4v) is 8.65. The number of ether oxygens (including phenoxy) is 2. The maximum Gasteiger partial charge on any atom is 0.284 e. The van der Waals surface area contributed by atoms with Crippen molar-refractivity contribution in [3.05, 3.63) is 65.2 Å². The van der Waals surface area contributed by atoms with Crippen LogP contribution in [0.15, 0.2) is 42.9 Å². The standard InChI is InChI=1S/C38H40F2N10O7/c39-33(40)32-27(43-35(52)25-15-42-48-12-10-29(44-34(25)48)47-16-23-14-22(47)19-57-23)17-49(46-32)21-6-4-20(5-7-21)18-56-13-11-41-26-3-1-2-24-31(26)38(55)50(37(24)54)28-8-9-30(51)45-36(28)53/h1-3,10,12,15,17,20-23,28,33,41H,4-9,11,13-14,16,18-19H2,(H,43,52)(H,45,51,53)/t20-,21-,22-,23-,28?/m1/s1. The van der Waals surface area contributed by atoms with Gasteiger partial charge in [-0.2, -0.15) is 10.2 Å². The fourth-order valence-electron chi connectivity index (χ4n) is 8.65. The van der Waals surface area contributed by atoms with E-state index in [-0.39, 0.29) is 59.3 Å². The molecule has 7 heterocycles. The first-order valence-corrected chi connectivity index (χ1v) is 19.2. The number of piperidine rings is 1. The molecule has 5 aliphatic rings. The van der Waals surface area contributed by atoms with E-state index in [0.717, 1.165) is 30.7 Å². The number of amides is 5. The maximum absolute atomic E-state index is 14.2. The van der Waals surface area contributed by atoms with Crippen molar-refractivity contribution in [1.82, 2.24) is 34.6 Å². The molecule has 9 rings (SSSR count). The highest BCUT2D eigenvalue weighted by molar-refractivity contribution is 6.25. The van der Waals surface area contributed by atoms with Crippen LogP contribution in [0.25, 0.3) is 5.65 Å². The van der Waals surface area contributed by atoms with E-state index in [1.807, 2.05) is 6.07 Å². The number of benzene rings is 1. The van der Waals surface area contributed by atoms with E-state index in [4.69, 9.17) is 14.5 Å². The van der Waals surface area contributed by atoms with Crippen molar-refractivity contribution in [3.8, 4) is 0 Å². The second kappa shape index (κ2) is 14.9. The molecule has 19 heteroatoms. The Balaban J connectivity index is 0.766. The van der Waals surface area contributed by atoms with Crippen LogP contribution in [-0.2, 0) is 19.1 Å². The number of carbonyl (C=O) groups is 5.